The number of rotatable bonds is 42. The SMILES string of the molecule is CC/C=C/CC/C=C/CC/C=C/C(O)C(COC1OC(CO)C(O)C(O)C1O)NC(=O)CCCCCCCC/C=C\C=C/CCCCCOC(=O)CCCCCCC/C=C\C/C=C\CCC. The van der Waals surface area contributed by atoms with Crippen LogP contribution in [0.2, 0.25) is 0 Å². The second-order valence-corrected chi connectivity index (χ2v) is 17.5. The van der Waals surface area contributed by atoms with Crippen molar-refractivity contribution >= 4 is 11.9 Å². The third-order valence-corrected chi connectivity index (χ3v) is 11.4. The molecule has 6 N–H and O–H groups in total. The lowest BCUT2D eigenvalue weighted by Gasteiger charge is -2.40. The Balaban J connectivity index is 2.18. The molecule has 11 heteroatoms. The van der Waals surface area contributed by atoms with Crippen molar-refractivity contribution in [2.24, 2.45) is 0 Å². The number of aliphatic hydroxyl groups excluding tert-OH is 5. The maximum Gasteiger partial charge on any atom is 0.305 e. The Hall–Kier alpha value is -3.16. The predicted molar refractivity (Wildman–Crippen MR) is 269 cm³/mol. The number of esters is 1. The van der Waals surface area contributed by atoms with E-state index in [9.17, 15) is 35.1 Å². The summed E-state index contributed by atoms with van der Waals surface area (Å²) in [5.41, 5.74) is 0. The number of amides is 1. The average Bonchev–Trinajstić information content (AvgIpc) is 3.31. The van der Waals surface area contributed by atoms with Crippen LogP contribution in [0.25, 0.3) is 0 Å². The Kier molecular flexibility index (Phi) is 40.9. The summed E-state index contributed by atoms with van der Waals surface area (Å²) in [6.45, 7) is 4.02. The molecule has 1 rings (SSSR count). The van der Waals surface area contributed by atoms with Crippen LogP contribution in [0.3, 0.4) is 0 Å². The third kappa shape index (κ3) is 34.2. The van der Waals surface area contributed by atoms with Crippen LogP contribution in [-0.2, 0) is 23.8 Å². The number of hydrogen-bond donors (Lipinski definition) is 6. The molecule has 0 saturated carbocycles. The molecule has 1 amide bonds. The maximum atomic E-state index is 13.0. The molecule has 0 aromatic heterocycles. The van der Waals surface area contributed by atoms with E-state index in [0.717, 1.165) is 116 Å². The molecule has 1 fully saturated rings. The molecule has 1 aliphatic rings. The van der Waals surface area contributed by atoms with Crippen LogP contribution < -0.4 is 5.32 Å². The van der Waals surface area contributed by atoms with Gasteiger partial charge in [0.1, 0.15) is 24.4 Å². The highest BCUT2D eigenvalue weighted by Gasteiger charge is 2.44. The van der Waals surface area contributed by atoms with Gasteiger partial charge in [-0.05, 0) is 109 Å². The van der Waals surface area contributed by atoms with E-state index in [-0.39, 0.29) is 18.5 Å². The highest BCUT2D eigenvalue weighted by atomic mass is 16.7. The van der Waals surface area contributed by atoms with Crippen LogP contribution in [0.5, 0.6) is 0 Å². The van der Waals surface area contributed by atoms with Crippen molar-refractivity contribution < 1.29 is 49.3 Å². The number of carbonyl (C=O) groups excluding carboxylic acids is 2. The fourth-order valence-corrected chi connectivity index (χ4v) is 7.32. The number of unbranched alkanes of at least 4 members (excludes halogenated alkanes) is 17. The largest absolute Gasteiger partial charge is 0.466 e. The minimum absolute atomic E-state index is 0.0598. The highest BCUT2D eigenvalue weighted by molar-refractivity contribution is 5.76. The van der Waals surface area contributed by atoms with Gasteiger partial charge in [-0.15, -0.1) is 0 Å². The molecule has 11 nitrogen and oxygen atoms in total. The van der Waals surface area contributed by atoms with E-state index >= 15 is 0 Å². The summed E-state index contributed by atoms with van der Waals surface area (Å²) in [7, 11) is 0. The number of carbonyl (C=O) groups is 2. The Morgan fingerprint density at radius 2 is 1.12 bits per heavy atom. The lowest BCUT2D eigenvalue weighted by molar-refractivity contribution is -0.302. The Bertz CT molecular complexity index is 1370. The molecule has 1 saturated heterocycles. The molecule has 0 aliphatic carbocycles. The summed E-state index contributed by atoms with van der Waals surface area (Å²) >= 11 is 0. The van der Waals surface area contributed by atoms with Crippen molar-refractivity contribution in [3.63, 3.8) is 0 Å². The van der Waals surface area contributed by atoms with Crippen molar-refractivity contribution in [1.29, 1.82) is 0 Å². The van der Waals surface area contributed by atoms with Gasteiger partial charge in [0.2, 0.25) is 5.91 Å². The van der Waals surface area contributed by atoms with Gasteiger partial charge in [-0.3, -0.25) is 9.59 Å². The molecule has 7 unspecified atom stereocenters. The fourth-order valence-electron chi connectivity index (χ4n) is 7.32. The first-order valence-electron chi connectivity index (χ1n) is 25.9. The third-order valence-electron chi connectivity index (χ3n) is 11.4. The van der Waals surface area contributed by atoms with Crippen LogP contribution in [0, 0.1) is 0 Å². The molecule has 0 spiro atoms. The van der Waals surface area contributed by atoms with Crippen LogP contribution in [0.15, 0.2) is 85.1 Å². The first-order chi connectivity index (χ1) is 32.2. The van der Waals surface area contributed by atoms with Gasteiger partial charge >= 0.3 is 5.97 Å². The predicted octanol–water partition coefficient (Wildman–Crippen LogP) is 10.7. The van der Waals surface area contributed by atoms with Crippen LogP contribution in [0.4, 0.5) is 0 Å². The number of nitrogens with one attached hydrogen (secondary N) is 1. The van der Waals surface area contributed by atoms with Crippen molar-refractivity contribution in [2.75, 3.05) is 19.8 Å². The van der Waals surface area contributed by atoms with E-state index in [4.69, 9.17) is 14.2 Å². The highest BCUT2D eigenvalue weighted by Crippen LogP contribution is 2.22. The second-order valence-electron chi connectivity index (χ2n) is 17.5. The van der Waals surface area contributed by atoms with Gasteiger partial charge in [-0.25, -0.2) is 0 Å². The molecule has 0 aromatic carbocycles. The van der Waals surface area contributed by atoms with E-state index in [1.54, 1.807) is 6.08 Å². The monoisotopic (exact) mass is 928 g/mol. The normalized spacial score (nSPS) is 20.4. The molecule has 0 aromatic rings. The lowest BCUT2D eigenvalue weighted by atomic mass is 9.99. The van der Waals surface area contributed by atoms with Crippen LogP contribution in [-0.4, -0.2) is 100 Å². The Morgan fingerprint density at radius 3 is 1.74 bits per heavy atom. The van der Waals surface area contributed by atoms with Crippen molar-refractivity contribution in [1.82, 2.24) is 5.32 Å². The zero-order chi connectivity index (χ0) is 48.1. The van der Waals surface area contributed by atoms with Gasteiger partial charge in [0.15, 0.2) is 6.29 Å². The number of hydrogen-bond acceptors (Lipinski definition) is 10. The average molecular weight is 928 g/mol. The van der Waals surface area contributed by atoms with E-state index in [2.05, 4.69) is 92.1 Å². The molecule has 7 atom stereocenters. The molecule has 0 radical (unpaired) electrons. The van der Waals surface area contributed by atoms with Gasteiger partial charge in [0.05, 0.1) is 32.0 Å². The zero-order valence-corrected chi connectivity index (χ0v) is 41.1. The van der Waals surface area contributed by atoms with Crippen molar-refractivity contribution in [2.45, 2.75) is 230 Å². The zero-order valence-electron chi connectivity index (χ0n) is 41.1. The van der Waals surface area contributed by atoms with E-state index in [1.807, 2.05) is 6.08 Å². The van der Waals surface area contributed by atoms with Crippen LogP contribution >= 0.6 is 0 Å². The molecule has 378 valence electrons. The molecule has 1 heterocycles. The Morgan fingerprint density at radius 1 is 0.591 bits per heavy atom. The summed E-state index contributed by atoms with van der Waals surface area (Å²) in [5.74, 6) is -0.285. The smallest absolute Gasteiger partial charge is 0.305 e. The lowest BCUT2D eigenvalue weighted by Crippen LogP contribution is -2.60. The van der Waals surface area contributed by atoms with Crippen LogP contribution in [0.1, 0.15) is 187 Å². The van der Waals surface area contributed by atoms with Gasteiger partial charge < -0.3 is 45.1 Å². The van der Waals surface area contributed by atoms with E-state index < -0.39 is 49.5 Å². The molecule has 66 heavy (non-hydrogen) atoms. The van der Waals surface area contributed by atoms with Gasteiger partial charge in [0, 0.05) is 12.8 Å². The van der Waals surface area contributed by atoms with E-state index in [1.165, 1.54) is 32.1 Å². The molecule has 0 bridgehead atoms. The first-order valence-corrected chi connectivity index (χ1v) is 25.9. The summed E-state index contributed by atoms with van der Waals surface area (Å²) in [5, 5.41) is 54.1. The molecular weight excluding hydrogens is 835 g/mol. The molecule has 1 aliphatic heterocycles. The first kappa shape index (κ1) is 60.9. The quantitative estimate of drug-likeness (QED) is 0.0150. The second kappa shape index (κ2) is 44.4. The molecular formula is C55H93NO10. The topological polar surface area (TPSA) is 175 Å². The van der Waals surface area contributed by atoms with Crippen molar-refractivity contribution in [3.8, 4) is 0 Å². The van der Waals surface area contributed by atoms with Gasteiger partial charge in [-0.2, -0.15) is 0 Å². The minimum Gasteiger partial charge on any atom is -0.466 e. The number of allylic oxidation sites excluding steroid dienone is 13. The fraction of sp³-hybridized carbons (Fsp3) is 0.709. The Labute approximate surface area is 400 Å². The van der Waals surface area contributed by atoms with Crippen molar-refractivity contribution in [3.05, 3.63) is 85.1 Å². The maximum absolute atomic E-state index is 13.0. The minimum atomic E-state index is -1.59. The number of aliphatic hydroxyl groups is 5. The summed E-state index contributed by atoms with van der Waals surface area (Å²) in [6, 6.07) is -0.853. The van der Waals surface area contributed by atoms with Gasteiger partial charge in [0.25, 0.3) is 0 Å². The summed E-state index contributed by atoms with van der Waals surface area (Å²) < 4.78 is 16.6. The van der Waals surface area contributed by atoms with E-state index in [0.29, 0.717) is 32.3 Å². The summed E-state index contributed by atoms with van der Waals surface area (Å²) in [6.07, 6.45) is 48.2. The van der Waals surface area contributed by atoms with Gasteiger partial charge in [-0.1, -0.05) is 150 Å². The summed E-state index contributed by atoms with van der Waals surface area (Å²) in [4.78, 5) is 25.0. The number of ether oxygens (including phenoxy) is 3. The standard InChI is InChI=1S/C55H93NO10/c1-3-5-7-9-11-13-15-19-23-27-31-35-39-43-51(60)64-44-40-36-32-28-24-21-18-16-17-20-22-26-30-34-38-42-50(59)56-47(46-65-55-54(63)53(62)52(61)49(45-57)66-55)48(58)41-37-33-29-25-14-12-10-8-6-4-2/h6-9,13-16,18,21,24-25,37,41,47-49,52-55,57-58,61-63H,3-5,10-12,17,19-20,22-23,26-36,38-40,42-46H2,1-2H3,(H,56,59)/b8-6+,9-7-,15-13-,18-16-,24-21-,25-14+,41-37+.